The van der Waals surface area contributed by atoms with Crippen molar-refractivity contribution in [2.24, 2.45) is 0 Å². The molecule has 0 radical (unpaired) electrons. The molecule has 8 aromatic rings. The first-order valence-corrected chi connectivity index (χ1v) is 17.0. The summed E-state index contributed by atoms with van der Waals surface area (Å²) in [6.45, 7) is 12.3. The van der Waals surface area contributed by atoms with Crippen molar-refractivity contribution in [3.63, 3.8) is 0 Å². The molecule has 0 saturated carbocycles. The van der Waals surface area contributed by atoms with Crippen LogP contribution in [0, 0.1) is 6.57 Å². The smallest absolute Gasteiger partial charge is 0.194 e. The molecule has 51 heavy (non-hydrogen) atoms. The zero-order chi connectivity index (χ0) is 34.5. The van der Waals surface area contributed by atoms with Crippen molar-refractivity contribution < 1.29 is 0 Å². The first-order valence-electron chi connectivity index (χ1n) is 17.0. The minimum Gasteiger partial charge on any atom is -0.264 e. The molecular weight excluding hydrogens is 623 g/mol. The van der Waals surface area contributed by atoms with Gasteiger partial charge < -0.3 is 0 Å². The molecule has 0 unspecified atom stereocenters. The molecule has 1 aliphatic carbocycles. The van der Waals surface area contributed by atoms with Crippen LogP contribution >= 0.6 is 0 Å². The Labute approximate surface area is 296 Å². The van der Waals surface area contributed by atoms with E-state index >= 15 is 0 Å². The number of pyridine rings is 1. The third kappa shape index (κ3) is 5.26. The van der Waals surface area contributed by atoms with Crippen molar-refractivity contribution in [1.82, 2.24) is 19.9 Å². The topological polar surface area (TPSA) is 55.9 Å². The average molecular weight is 654 g/mol. The number of rotatable bonds is 5. The monoisotopic (exact) mass is 653 g/mol. The van der Waals surface area contributed by atoms with Crippen LogP contribution in [0.1, 0.15) is 25.0 Å². The summed E-state index contributed by atoms with van der Waals surface area (Å²) in [5, 5.41) is 2.09. The summed E-state index contributed by atoms with van der Waals surface area (Å²) in [7, 11) is 0. The molecule has 0 N–H and O–H groups in total. The van der Waals surface area contributed by atoms with Gasteiger partial charge in [0.1, 0.15) is 0 Å². The number of hydrogen-bond donors (Lipinski definition) is 0. The van der Waals surface area contributed by atoms with E-state index in [4.69, 9.17) is 21.5 Å². The summed E-state index contributed by atoms with van der Waals surface area (Å²) in [5.74, 6) is 1.85. The van der Waals surface area contributed by atoms with Gasteiger partial charge >= 0.3 is 0 Å². The summed E-state index contributed by atoms with van der Waals surface area (Å²) < 4.78 is 0. The number of fused-ring (bicyclic) bond motifs is 4. The van der Waals surface area contributed by atoms with Crippen LogP contribution in [0.4, 0.5) is 5.69 Å². The maximum Gasteiger partial charge on any atom is 0.194 e. The Morgan fingerprint density at radius 3 is 1.75 bits per heavy atom. The first-order chi connectivity index (χ1) is 25.0. The molecule has 5 heteroatoms. The number of nitrogens with zero attached hydrogens (tertiary/aromatic N) is 5. The van der Waals surface area contributed by atoms with E-state index in [0.29, 0.717) is 23.2 Å². The highest BCUT2D eigenvalue weighted by molar-refractivity contribution is 6.00. The molecule has 2 heterocycles. The van der Waals surface area contributed by atoms with E-state index in [2.05, 4.69) is 84.3 Å². The van der Waals surface area contributed by atoms with Gasteiger partial charge in [-0.25, -0.2) is 19.8 Å². The predicted molar refractivity (Wildman–Crippen MR) is 206 cm³/mol. The van der Waals surface area contributed by atoms with Crippen molar-refractivity contribution in [3.8, 4) is 67.5 Å². The fraction of sp³-hybridized carbons (Fsp3) is 0.0652. The van der Waals surface area contributed by atoms with Crippen LogP contribution in [0.2, 0.25) is 0 Å². The number of benzene rings is 6. The van der Waals surface area contributed by atoms with Gasteiger partial charge in [-0.15, -0.1) is 0 Å². The summed E-state index contributed by atoms with van der Waals surface area (Å²) in [5.41, 5.74) is 12.4. The number of aromatic nitrogens is 4. The highest BCUT2D eigenvalue weighted by atomic mass is 15.0. The highest BCUT2D eigenvalue weighted by Crippen LogP contribution is 2.51. The summed E-state index contributed by atoms with van der Waals surface area (Å²) >= 11 is 0. The lowest BCUT2D eigenvalue weighted by molar-refractivity contribution is 0.661. The second-order valence-corrected chi connectivity index (χ2v) is 13.5. The lowest BCUT2D eigenvalue weighted by Crippen LogP contribution is -2.15. The Morgan fingerprint density at radius 1 is 0.490 bits per heavy atom. The lowest BCUT2D eigenvalue weighted by Gasteiger charge is -2.22. The second-order valence-electron chi connectivity index (χ2n) is 13.5. The molecule has 2 aromatic heterocycles. The zero-order valence-electron chi connectivity index (χ0n) is 28.2. The van der Waals surface area contributed by atoms with Crippen LogP contribution in [0.15, 0.2) is 152 Å². The van der Waals surface area contributed by atoms with Crippen LogP contribution in [-0.4, -0.2) is 19.9 Å². The lowest BCUT2D eigenvalue weighted by atomic mass is 9.81. The molecule has 0 bridgehead atoms. The first kappa shape index (κ1) is 30.3. The van der Waals surface area contributed by atoms with Gasteiger partial charge in [0.25, 0.3) is 0 Å². The molecule has 0 saturated heterocycles. The zero-order valence-corrected chi connectivity index (χ0v) is 28.2. The maximum absolute atomic E-state index is 7.75. The van der Waals surface area contributed by atoms with Crippen molar-refractivity contribution in [3.05, 3.63) is 174 Å². The molecule has 0 fully saturated rings. The quantitative estimate of drug-likeness (QED) is 0.173. The molecule has 0 spiro atoms. The molecular formula is C46H31N5. The predicted octanol–water partition coefficient (Wildman–Crippen LogP) is 11.6. The van der Waals surface area contributed by atoms with Crippen LogP contribution in [-0.2, 0) is 5.41 Å². The van der Waals surface area contributed by atoms with Gasteiger partial charge in [-0.2, -0.15) is 0 Å². The summed E-state index contributed by atoms with van der Waals surface area (Å²) in [4.78, 5) is 23.3. The minimum absolute atomic E-state index is 0.226. The Hall–Kier alpha value is -6.77. The Morgan fingerprint density at radius 2 is 1.10 bits per heavy atom. The molecule has 0 atom stereocenters. The second kappa shape index (κ2) is 12.0. The Balaban J connectivity index is 1.23. The fourth-order valence-electron chi connectivity index (χ4n) is 7.33. The summed E-state index contributed by atoms with van der Waals surface area (Å²) in [6, 6.07) is 48.0. The molecule has 9 rings (SSSR count). The highest BCUT2D eigenvalue weighted by Gasteiger charge is 2.36. The maximum atomic E-state index is 7.75. The van der Waals surface area contributed by atoms with Crippen LogP contribution < -0.4 is 0 Å². The molecule has 6 aromatic carbocycles. The van der Waals surface area contributed by atoms with E-state index < -0.39 is 0 Å². The van der Waals surface area contributed by atoms with Crippen molar-refractivity contribution in [1.29, 1.82) is 0 Å². The Kier molecular flexibility index (Phi) is 7.12. The van der Waals surface area contributed by atoms with Crippen LogP contribution in [0.3, 0.4) is 0 Å². The van der Waals surface area contributed by atoms with Crippen molar-refractivity contribution in [2.45, 2.75) is 19.3 Å². The van der Waals surface area contributed by atoms with E-state index in [1.807, 2.05) is 85.1 Å². The standard InChI is InChI=1S/C46H31N5/c1-46(2)40-25-31(19-20-37(40)39-27-38-32(26-41(39)46)16-10-18-42(38)47-3)34-22-35(33-17-11-21-48-28-33)24-36(23-34)45-50-43(29-12-6-4-7-13-29)49-44(51-45)30-14-8-5-9-15-30/h4-28H,1-2H3. The molecule has 0 amide bonds. The van der Waals surface area contributed by atoms with Gasteiger partial charge in [0, 0.05) is 40.1 Å². The fourth-order valence-corrected chi connectivity index (χ4v) is 7.33. The summed E-state index contributed by atoms with van der Waals surface area (Å²) in [6.07, 6.45) is 3.69. The Bertz CT molecular complexity index is 2600. The molecule has 0 aliphatic heterocycles. The van der Waals surface area contributed by atoms with Gasteiger partial charge in [0.15, 0.2) is 23.2 Å². The van der Waals surface area contributed by atoms with E-state index in [1.165, 1.54) is 22.3 Å². The van der Waals surface area contributed by atoms with Crippen LogP contribution in [0.25, 0.3) is 83.2 Å². The van der Waals surface area contributed by atoms with Gasteiger partial charge in [0.05, 0.1) is 6.57 Å². The molecule has 5 nitrogen and oxygen atoms in total. The molecule has 240 valence electrons. The largest absolute Gasteiger partial charge is 0.264 e. The van der Waals surface area contributed by atoms with Gasteiger partial charge in [0.2, 0.25) is 0 Å². The van der Waals surface area contributed by atoms with Crippen LogP contribution in [0.5, 0.6) is 0 Å². The van der Waals surface area contributed by atoms with E-state index in [-0.39, 0.29) is 5.41 Å². The van der Waals surface area contributed by atoms with E-state index in [1.54, 1.807) is 6.20 Å². The van der Waals surface area contributed by atoms with Gasteiger partial charge in [-0.05, 0) is 80.0 Å². The SMILES string of the molecule is [C-]#[N+]c1cccc2cc3c(cc12)-c1ccc(-c2cc(-c4cccnc4)cc(-c4nc(-c5ccccc5)nc(-c5ccccc5)n4)c2)cc1C3(C)C. The van der Waals surface area contributed by atoms with Gasteiger partial charge in [-0.3, -0.25) is 4.98 Å². The molecule has 1 aliphatic rings. The van der Waals surface area contributed by atoms with Crippen molar-refractivity contribution in [2.75, 3.05) is 0 Å². The van der Waals surface area contributed by atoms with Gasteiger partial charge in [-0.1, -0.05) is 123 Å². The average Bonchev–Trinajstić information content (AvgIpc) is 3.42. The third-order valence-corrected chi connectivity index (χ3v) is 9.99. The van der Waals surface area contributed by atoms with E-state index in [0.717, 1.165) is 49.7 Å². The normalized spacial score (nSPS) is 12.6. The van der Waals surface area contributed by atoms with Crippen molar-refractivity contribution >= 4 is 16.5 Å². The minimum atomic E-state index is -0.226. The van der Waals surface area contributed by atoms with E-state index in [9.17, 15) is 0 Å². The number of hydrogen-bond acceptors (Lipinski definition) is 4. The third-order valence-electron chi connectivity index (χ3n) is 9.99.